The minimum absolute atomic E-state index is 0.0699. The van der Waals surface area contributed by atoms with Gasteiger partial charge >= 0.3 is 5.69 Å². The van der Waals surface area contributed by atoms with Crippen molar-refractivity contribution in [3.05, 3.63) is 74.1 Å². The van der Waals surface area contributed by atoms with Gasteiger partial charge in [0.1, 0.15) is 5.65 Å². The zero-order valence-electron chi connectivity index (χ0n) is 17.4. The lowest BCUT2D eigenvalue weighted by Crippen LogP contribution is -2.33. The van der Waals surface area contributed by atoms with Crippen molar-refractivity contribution in [1.82, 2.24) is 19.9 Å². The van der Waals surface area contributed by atoms with Crippen LogP contribution in [0.15, 0.2) is 46.1 Å². The fraction of sp³-hybridized carbons (Fsp3) is 0.391. The van der Waals surface area contributed by atoms with Crippen LogP contribution >= 0.6 is 0 Å². The van der Waals surface area contributed by atoms with E-state index in [-0.39, 0.29) is 29.3 Å². The van der Waals surface area contributed by atoms with Crippen LogP contribution in [0.2, 0.25) is 0 Å². The average Bonchev–Trinajstić information content (AvgIpc) is 3.56. The van der Waals surface area contributed by atoms with E-state index in [0.717, 1.165) is 24.8 Å². The molecule has 1 fully saturated rings. The van der Waals surface area contributed by atoms with Crippen molar-refractivity contribution in [3.8, 4) is 0 Å². The van der Waals surface area contributed by atoms with Crippen molar-refractivity contribution in [3.63, 3.8) is 0 Å². The molecule has 7 heteroatoms. The molecule has 156 valence electrons. The zero-order valence-corrected chi connectivity index (χ0v) is 17.4. The van der Waals surface area contributed by atoms with Gasteiger partial charge in [-0.2, -0.15) is 0 Å². The lowest BCUT2D eigenvalue weighted by molar-refractivity contribution is 0.0925. The molecule has 0 radical (unpaired) electrons. The topological polar surface area (TPSA) is 96.8 Å². The van der Waals surface area contributed by atoms with E-state index in [4.69, 9.17) is 0 Å². The number of nitrogens with one attached hydrogen (secondary N) is 2. The van der Waals surface area contributed by atoms with E-state index < -0.39 is 11.2 Å². The van der Waals surface area contributed by atoms with Crippen LogP contribution in [-0.2, 0) is 6.42 Å². The minimum Gasteiger partial charge on any atom is -0.345 e. The maximum atomic E-state index is 13.0. The van der Waals surface area contributed by atoms with Gasteiger partial charge in [0.25, 0.3) is 11.5 Å². The molecule has 0 saturated heterocycles. The van der Waals surface area contributed by atoms with Crippen LogP contribution in [0.1, 0.15) is 67.2 Å². The molecule has 4 rings (SSSR count). The van der Waals surface area contributed by atoms with E-state index in [1.54, 1.807) is 0 Å². The molecule has 3 aromatic rings. The zero-order chi connectivity index (χ0) is 21.4. The first-order chi connectivity index (χ1) is 14.4. The number of nitrogens with zero attached hydrogens (tertiary/aromatic N) is 2. The molecule has 1 aromatic carbocycles. The number of carbonyl (C=O) groups is 1. The molecule has 1 amide bonds. The number of carbonyl (C=O) groups excluding carboxylic acids is 1. The number of benzene rings is 1. The molecule has 0 bridgehead atoms. The molecule has 2 N–H and O–H groups in total. The number of H-pyrrole nitrogens is 1. The quantitative estimate of drug-likeness (QED) is 0.657. The van der Waals surface area contributed by atoms with Crippen molar-refractivity contribution < 1.29 is 4.79 Å². The molecule has 1 saturated carbocycles. The highest BCUT2D eigenvalue weighted by atomic mass is 16.2. The maximum Gasteiger partial charge on any atom is 0.330 e. The van der Waals surface area contributed by atoms with Crippen LogP contribution in [0.4, 0.5) is 0 Å². The second kappa shape index (κ2) is 7.89. The predicted octanol–water partition coefficient (Wildman–Crippen LogP) is 3.11. The molecule has 1 aliphatic rings. The highest BCUT2D eigenvalue weighted by Gasteiger charge is 2.28. The van der Waals surface area contributed by atoms with Crippen LogP contribution in [0, 0.1) is 5.92 Å². The molecule has 30 heavy (non-hydrogen) atoms. The van der Waals surface area contributed by atoms with Gasteiger partial charge in [0.2, 0.25) is 0 Å². The van der Waals surface area contributed by atoms with E-state index in [1.165, 1.54) is 22.4 Å². The Bertz CT molecular complexity index is 1200. The first-order valence-corrected chi connectivity index (χ1v) is 10.4. The third-order valence-electron chi connectivity index (χ3n) is 5.65. The fourth-order valence-electron chi connectivity index (χ4n) is 3.75. The summed E-state index contributed by atoms with van der Waals surface area (Å²) in [6, 6.07) is 9.66. The summed E-state index contributed by atoms with van der Waals surface area (Å²) in [5.41, 5.74) is 1.93. The average molecular weight is 406 g/mol. The van der Waals surface area contributed by atoms with Crippen molar-refractivity contribution in [1.29, 1.82) is 0 Å². The smallest absolute Gasteiger partial charge is 0.330 e. The summed E-state index contributed by atoms with van der Waals surface area (Å²) < 4.78 is 1.52. The Labute approximate surface area is 174 Å². The summed E-state index contributed by atoms with van der Waals surface area (Å²) in [4.78, 5) is 44.1. The lowest BCUT2D eigenvalue weighted by atomic mass is 9.94. The third kappa shape index (κ3) is 3.79. The summed E-state index contributed by atoms with van der Waals surface area (Å²) in [5.74, 6) is -0.121. The van der Waals surface area contributed by atoms with E-state index in [9.17, 15) is 14.4 Å². The number of hydrogen-bond acceptors (Lipinski definition) is 4. The normalized spacial score (nSPS) is 14.8. The molecule has 1 atom stereocenters. The van der Waals surface area contributed by atoms with Gasteiger partial charge in [-0.15, -0.1) is 0 Å². The van der Waals surface area contributed by atoms with Crippen molar-refractivity contribution in [2.45, 2.75) is 52.1 Å². The fourth-order valence-corrected chi connectivity index (χ4v) is 3.75. The van der Waals surface area contributed by atoms with Gasteiger partial charge in [0.15, 0.2) is 0 Å². The van der Waals surface area contributed by atoms with Gasteiger partial charge in [-0.25, -0.2) is 9.78 Å². The first kappa shape index (κ1) is 20.1. The van der Waals surface area contributed by atoms with Gasteiger partial charge in [-0.05, 0) is 42.4 Å². The number of amides is 1. The molecule has 7 nitrogen and oxygen atoms in total. The molecule has 0 unspecified atom stereocenters. The van der Waals surface area contributed by atoms with Gasteiger partial charge in [0, 0.05) is 12.2 Å². The summed E-state index contributed by atoms with van der Waals surface area (Å²) in [6.07, 6.45) is 4.17. The minimum atomic E-state index is -0.524. The van der Waals surface area contributed by atoms with E-state index in [0.29, 0.717) is 11.2 Å². The Balaban J connectivity index is 1.66. The number of rotatable bonds is 6. The Morgan fingerprint density at radius 1 is 1.23 bits per heavy atom. The summed E-state index contributed by atoms with van der Waals surface area (Å²) in [5, 5.41) is 3.32. The van der Waals surface area contributed by atoms with Gasteiger partial charge in [-0.1, -0.05) is 45.0 Å². The van der Waals surface area contributed by atoms with E-state index in [2.05, 4.69) is 48.2 Å². The van der Waals surface area contributed by atoms with Crippen molar-refractivity contribution >= 4 is 16.9 Å². The summed E-state index contributed by atoms with van der Waals surface area (Å²) in [7, 11) is 0. The maximum absolute atomic E-state index is 13.0. The highest BCUT2D eigenvalue weighted by Crippen LogP contribution is 2.34. The van der Waals surface area contributed by atoms with Crippen LogP contribution in [-0.4, -0.2) is 20.4 Å². The SMILES string of the molecule is CCc1ccc([C@H](NC(=O)c2cnc3c(c2)c(=O)[nH]c(=O)n3C2CC2)C(C)C)cc1. The number of aromatic nitrogens is 3. The van der Waals surface area contributed by atoms with E-state index in [1.807, 2.05) is 12.1 Å². The molecular weight excluding hydrogens is 380 g/mol. The van der Waals surface area contributed by atoms with Crippen molar-refractivity contribution in [2.24, 2.45) is 5.92 Å². The molecule has 2 heterocycles. The number of pyridine rings is 1. The Kier molecular flexibility index (Phi) is 5.28. The predicted molar refractivity (Wildman–Crippen MR) is 116 cm³/mol. The van der Waals surface area contributed by atoms with Crippen LogP contribution in [0.3, 0.4) is 0 Å². The summed E-state index contributed by atoms with van der Waals surface area (Å²) in [6.45, 7) is 6.21. The number of fused-ring (bicyclic) bond motifs is 1. The number of hydrogen-bond donors (Lipinski definition) is 2. The third-order valence-corrected chi connectivity index (χ3v) is 5.65. The summed E-state index contributed by atoms with van der Waals surface area (Å²) >= 11 is 0. The lowest BCUT2D eigenvalue weighted by Gasteiger charge is -2.23. The van der Waals surface area contributed by atoms with Crippen LogP contribution in [0.25, 0.3) is 11.0 Å². The monoisotopic (exact) mass is 406 g/mol. The second-order valence-electron chi connectivity index (χ2n) is 8.25. The largest absolute Gasteiger partial charge is 0.345 e. The Morgan fingerprint density at radius 2 is 1.93 bits per heavy atom. The second-order valence-corrected chi connectivity index (χ2v) is 8.25. The van der Waals surface area contributed by atoms with Gasteiger partial charge in [0.05, 0.1) is 17.0 Å². The number of aryl methyl sites for hydroxylation is 1. The highest BCUT2D eigenvalue weighted by molar-refractivity contribution is 5.97. The first-order valence-electron chi connectivity index (χ1n) is 10.4. The molecule has 0 spiro atoms. The standard InChI is InChI=1S/C23H26N4O3/c1-4-14-5-7-15(8-6-14)19(13(2)3)25-21(28)16-11-18-20(24-12-16)27(17-9-10-17)23(30)26-22(18)29/h5-8,11-13,17,19H,4,9-10H2,1-3H3,(H,25,28)(H,26,29,30)/t19-/m1/s1. The van der Waals surface area contributed by atoms with Crippen LogP contribution in [0.5, 0.6) is 0 Å². The molecule has 1 aliphatic carbocycles. The van der Waals surface area contributed by atoms with Gasteiger partial charge < -0.3 is 5.32 Å². The van der Waals surface area contributed by atoms with Crippen molar-refractivity contribution in [2.75, 3.05) is 0 Å². The number of aromatic amines is 1. The molecular formula is C23H26N4O3. The Morgan fingerprint density at radius 3 is 2.53 bits per heavy atom. The molecule has 2 aromatic heterocycles. The van der Waals surface area contributed by atoms with E-state index >= 15 is 0 Å². The molecule has 0 aliphatic heterocycles. The van der Waals surface area contributed by atoms with Crippen LogP contribution < -0.4 is 16.6 Å². The van der Waals surface area contributed by atoms with Gasteiger partial charge in [-0.3, -0.25) is 19.1 Å². The Hall–Kier alpha value is -3.22.